The monoisotopic (exact) mass is 225 g/mol. The summed E-state index contributed by atoms with van der Waals surface area (Å²) in [6.45, 7) is 15.0. The number of allylic oxidation sites excluding steroid dienone is 2. The van der Waals surface area contributed by atoms with Gasteiger partial charge in [-0.3, -0.25) is 0 Å². The minimum Gasteiger partial charge on any atom is -0.547 e. The number of hydrogen-bond acceptors (Lipinski definition) is 2. The molecule has 0 unspecified atom stereocenters. The van der Waals surface area contributed by atoms with Gasteiger partial charge in [0.1, 0.15) is 0 Å². The Balaban J connectivity index is 2.50. The maximum Gasteiger partial charge on any atom is 0.241 e. The summed E-state index contributed by atoms with van der Waals surface area (Å²) in [4.78, 5) is 2.33. The van der Waals surface area contributed by atoms with Crippen molar-refractivity contribution in [3.63, 3.8) is 0 Å². The summed E-state index contributed by atoms with van der Waals surface area (Å²) in [6, 6.07) is 0. The molecule has 0 amide bonds. The van der Waals surface area contributed by atoms with Gasteiger partial charge in [-0.05, 0) is 45.5 Å². The summed E-state index contributed by atoms with van der Waals surface area (Å²) in [5, 5.41) is 0. The van der Waals surface area contributed by atoms with Crippen LogP contribution in [0, 0.1) is 0 Å². The van der Waals surface area contributed by atoms with E-state index in [1.165, 1.54) is 12.8 Å². The van der Waals surface area contributed by atoms with Gasteiger partial charge < -0.3 is 9.33 Å². The molecular weight excluding hydrogens is 202 g/mol. The molecule has 15 heavy (non-hydrogen) atoms. The molecule has 0 N–H and O–H groups in total. The molecule has 1 saturated heterocycles. The predicted molar refractivity (Wildman–Crippen MR) is 68.1 cm³/mol. The first kappa shape index (κ1) is 12.4. The molecule has 0 aromatic rings. The minimum atomic E-state index is -1.45. The van der Waals surface area contributed by atoms with E-state index in [1.807, 2.05) is 6.92 Å². The summed E-state index contributed by atoms with van der Waals surface area (Å²) in [5.74, 6) is 1.01. The van der Waals surface area contributed by atoms with Crippen molar-refractivity contribution in [3.8, 4) is 0 Å². The zero-order valence-electron chi connectivity index (χ0n) is 10.5. The lowest BCUT2D eigenvalue weighted by atomic mass is 10.3. The fraction of sp³-hybridized carbons (Fsp3) is 0.667. The summed E-state index contributed by atoms with van der Waals surface area (Å²) in [7, 11) is -1.45. The highest BCUT2D eigenvalue weighted by atomic mass is 28.4. The largest absolute Gasteiger partial charge is 0.547 e. The molecule has 0 aliphatic carbocycles. The fourth-order valence-corrected chi connectivity index (χ4v) is 2.87. The molecule has 2 nitrogen and oxygen atoms in total. The molecule has 0 saturated carbocycles. The van der Waals surface area contributed by atoms with E-state index in [0.29, 0.717) is 0 Å². The highest BCUT2D eigenvalue weighted by Crippen LogP contribution is 2.17. The van der Waals surface area contributed by atoms with Gasteiger partial charge in [-0.2, -0.15) is 0 Å². The van der Waals surface area contributed by atoms with Crippen LogP contribution in [0.25, 0.3) is 0 Å². The molecule has 3 heteroatoms. The van der Waals surface area contributed by atoms with Crippen LogP contribution in [0.3, 0.4) is 0 Å². The second-order valence-corrected chi connectivity index (χ2v) is 9.58. The maximum atomic E-state index is 5.88. The van der Waals surface area contributed by atoms with Crippen LogP contribution in [0.4, 0.5) is 0 Å². The molecule has 1 heterocycles. The predicted octanol–water partition coefficient (Wildman–Crippen LogP) is 3.35. The zero-order valence-corrected chi connectivity index (χ0v) is 11.5. The van der Waals surface area contributed by atoms with E-state index in [9.17, 15) is 0 Å². The van der Waals surface area contributed by atoms with Crippen molar-refractivity contribution < 1.29 is 4.43 Å². The van der Waals surface area contributed by atoms with Crippen molar-refractivity contribution >= 4 is 8.32 Å². The molecule has 1 aliphatic rings. The SMILES string of the molecule is C=C(/C=C(\C)O[Si](C)(C)C)N1CCCC1. The van der Waals surface area contributed by atoms with E-state index in [1.54, 1.807) is 0 Å². The van der Waals surface area contributed by atoms with Crippen LogP contribution in [0.2, 0.25) is 19.6 Å². The Morgan fingerprint density at radius 2 is 1.80 bits per heavy atom. The molecule has 1 aliphatic heterocycles. The zero-order chi connectivity index (χ0) is 11.5. The Morgan fingerprint density at radius 1 is 1.27 bits per heavy atom. The lowest BCUT2D eigenvalue weighted by Crippen LogP contribution is -2.24. The van der Waals surface area contributed by atoms with Gasteiger partial charge in [0.2, 0.25) is 8.32 Å². The molecule has 1 fully saturated rings. The van der Waals surface area contributed by atoms with Gasteiger partial charge in [0.15, 0.2) is 0 Å². The minimum absolute atomic E-state index is 1.01. The Bertz CT molecular complexity index is 259. The molecule has 0 radical (unpaired) electrons. The maximum absolute atomic E-state index is 5.88. The van der Waals surface area contributed by atoms with Gasteiger partial charge >= 0.3 is 0 Å². The molecule has 86 valence electrons. The van der Waals surface area contributed by atoms with Crippen molar-refractivity contribution in [3.05, 3.63) is 24.1 Å². The van der Waals surface area contributed by atoms with Gasteiger partial charge in [-0.25, -0.2) is 0 Å². The van der Waals surface area contributed by atoms with E-state index in [0.717, 1.165) is 24.5 Å². The topological polar surface area (TPSA) is 12.5 Å². The second-order valence-electron chi connectivity index (χ2n) is 5.15. The van der Waals surface area contributed by atoms with Crippen LogP contribution < -0.4 is 0 Å². The van der Waals surface area contributed by atoms with Crippen LogP contribution in [0.1, 0.15) is 19.8 Å². The third kappa shape index (κ3) is 4.56. The first-order valence-corrected chi connectivity index (χ1v) is 9.10. The van der Waals surface area contributed by atoms with Crippen LogP contribution in [-0.2, 0) is 4.43 Å². The molecule has 0 spiro atoms. The fourth-order valence-electron chi connectivity index (χ4n) is 1.84. The van der Waals surface area contributed by atoms with Crippen LogP contribution in [-0.4, -0.2) is 26.3 Å². The van der Waals surface area contributed by atoms with Gasteiger partial charge in [-0.15, -0.1) is 0 Å². The summed E-state index contributed by atoms with van der Waals surface area (Å²) < 4.78 is 5.88. The van der Waals surface area contributed by atoms with Gasteiger partial charge in [0.05, 0.1) is 5.76 Å². The molecule has 0 bridgehead atoms. The average Bonchev–Trinajstić information content (AvgIpc) is 2.50. The molecule has 0 aromatic heterocycles. The lowest BCUT2D eigenvalue weighted by Gasteiger charge is -2.22. The van der Waals surface area contributed by atoms with Gasteiger partial charge in [0.25, 0.3) is 0 Å². The van der Waals surface area contributed by atoms with Gasteiger partial charge in [0, 0.05) is 18.8 Å². The van der Waals surface area contributed by atoms with Crippen LogP contribution in [0.15, 0.2) is 24.1 Å². The number of hydrogen-bond donors (Lipinski definition) is 0. The van der Waals surface area contributed by atoms with E-state index in [4.69, 9.17) is 4.43 Å². The average molecular weight is 225 g/mol. The summed E-state index contributed by atoms with van der Waals surface area (Å²) >= 11 is 0. The van der Waals surface area contributed by atoms with E-state index < -0.39 is 8.32 Å². The standard InChI is InChI=1S/C12H23NOSi/c1-11(13-8-6-7-9-13)10-12(2)14-15(3,4)5/h10H,1,6-9H2,2-5H3/b12-10+. The molecule has 1 rings (SSSR count). The van der Waals surface area contributed by atoms with E-state index in [-0.39, 0.29) is 0 Å². The highest BCUT2D eigenvalue weighted by molar-refractivity contribution is 6.70. The van der Waals surface area contributed by atoms with Crippen LogP contribution >= 0.6 is 0 Å². The number of nitrogens with zero attached hydrogens (tertiary/aromatic N) is 1. The van der Waals surface area contributed by atoms with Crippen molar-refractivity contribution in [2.75, 3.05) is 13.1 Å². The smallest absolute Gasteiger partial charge is 0.241 e. The first-order chi connectivity index (χ1) is 6.88. The molecule has 0 aromatic carbocycles. The Kier molecular flexibility index (Phi) is 4.02. The van der Waals surface area contributed by atoms with Gasteiger partial charge in [-0.1, -0.05) is 6.58 Å². The van der Waals surface area contributed by atoms with Crippen molar-refractivity contribution in [1.29, 1.82) is 0 Å². The van der Waals surface area contributed by atoms with E-state index >= 15 is 0 Å². The van der Waals surface area contributed by atoms with Crippen molar-refractivity contribution in [2.45, 2.75) is 39.4 Å². The highest BCUT2D eigenvalue weighted by Gasteiger charge is 2.17. The quantitative estimate of drug-likeness (QED) is 0.413. The van der Waals surface area contributed by atoms with Crippen molar-refractivity contribution in [1.82, 2.24) is 4.90 Å². The second kappa shape index (κ2) is 4.88. The number of likely N-dealkylation sites (tertiary alicyclic amines) is 1. The molecule has 0 atom stereocenters. The lowest BCUT2D eigenvalue weighted by molar-refractivity contribution is 0.408. The van der Waals surface area contributed by atoms with Crippen LogP contribution in [0.5, 0.6) is 0 Å². The van der Waals surface area contributed by atoms with Crippen molar-refractivity contribution in [2.24, 2.45) is 0 Å². The third-order valence-electron chi connectivity index (χ3n) is 2.35. The normalized spacial score (nSPS) is 18.1. The third-order valence-corrected chi connectivity index (χ3v) is 3.28. The summed E-state index contributed by atoms with van der Waals surface area (Å²) in [5.41, 5.74) is 1.10. The molecular formula is C12H23NOSi. The Hall–Kier alpha value is -0.703. The summed E-state index contributed by atoms with van der Waals surface area (Å²) in [6.07, 6.45) is 4.66. The van der Waals surface area contributed by atoms with E-state index in [2.05, 4.69) is 37.2 Å². The first-order valence-electron chi connectivity index (χ1n) is 5.70. The Labute approximate surface area is 94.7 Å². The number of rotatable bonds is 4. The Morgan fingerprint density at radius 3 is 2.27 bits per heavy atom.